The quantitative estimate of drug-likeness (QED) is 0.104. The number of nitrogens with one attached hydrogen (secondary N) is 1. The Morgan fingerprint density at radius 3 is 2.50 bits per heavy atom. The number of hydrogen-bond acceptors (Lipinski definition) is 12. The van der Waals surface area contributed by atoms with Gasteiger partial charge >= 0.3 is 5.97 Å². The maximum absolute atomic E-state index is 12.0. The molecule has 4 aromatic rings. The van der Waals surface area contributed by atoms with E-state index in [0.29, 0.717) is 41.8 Å². The summed E-state index contributed by atoms with van der Waals surface area (Å²) in [6.07, 6.45) is 7.03. The van der Waals surface area contributed by atoms with Gasteiger partial charge in [-0.1, -0.05) is 37.7 Å². The molecule has 0 amide bonds. The second kappa shape index (κ2) is 17.3. The van der Waals surface area contributed by atoms with E-state index in [2.05, 4.69) is 38.2 Å². The first-order valence-electron chi connectivity index (χ1n) is 14.5. The number of ether oxygens (including phenoxy) is 6. The largest absolute Gasteiger partial charge is 0.487 e. The third kappa shape index (κ3) is 9.35. The van der Waals surface area contributed by atoms with E-state index in [0.717, 1.165) is 16.6 Å². The van der Waals surface area contributed by atoms with E-state index in [1.807, 2.05) is 44.2 Å². The summed E-state index contributed by atoms with van der Waals surface area (Å²) in [6, 6.07) is 12.7. The number of aromatic nitrogens is 3. The van der Waals surface area contributed by atoms with Crippen molar-refractivity contribution in [2.24, 2.45) is 5.92 Å². The Balaban J connectivity index is 1.31. The molecule has 0 radical (unpaired) electrons. The standard InChI is InChI=1S/C34H36N4O8/c1-6-24-10-9-11-25(18-24)37-33-26-19-28(29(43-16-14-40-4)20-27(26)35-22-36-33)44-17-15-42-12-7-8-13-45-31-21-30(46-38-31)32(23(2)3)34(39)41-5/h1,9-11,18-23,32H,12-17H2,2-5H3,(H,35,36,37). The number of terminal acetylenes is 1. The number of carbonyl (C=O) groups is 1. The van der Waals surface area contributed by atoms with Crippen molar-refractivity contribution in [3.05, 3.63) is 60.1 Å². The van der Waals surface area contributed by atoms with E-state index in [1.165, 1.54) is 13.4 Å². The summed E-state index contributed by atoms with van der Waals surface area (Å²) in [5.41, 5.74) is 2.21. The Kier molecular flexibility index (Phi) is 12.6. The van der Waals surface area contributed by atoms with Gasteiger partial charge < -0.3 is 38.3 Å². The Hall–Kier alpha value is -5.30. The van der Waals surface area contributed by atoms with E-state index in [9.17, 15) is 4.79 Å². The lowest BCUT2D eigenvalue weighted by Crippen LogP contribution is -2.19. The Bertz CT molecular complexity index is 1700. The van der Waals surface area contributed by atoms with Crippen LogP contribution in [-0.4, -0.2) is 75.0 Å². The van der Waals surface area contributed by atoms with Crippen LogP contribution in [0, 0.1) is 30.1 Å². The second-order valence-electron chi connectivity index (χ2n) is 10.1. The highest BCUT2D eigenvalue weighted by atomic mass is 16.6. The van der Waals surface area contributed by atoms with Crippen molar-refractivity contribution < 1.29 is 37.7 Å². The molecule has 0 saturated carbocycles. The molecule has 2 aromatic carbocycles. The molecule has 1 unspecified atom stereocenters. The van der Waals surface area contributed by atoms with Crippen LogP contribution in [0.15, 0.2) is 53.3 Å². The highest BCUT2D eigenvalue weighted by Crippen LogP contribution is 2.35. The minimum Gasteiger partial charge on any atom is -0.487 e. The van der Waals surface area contributed by atoms with Crippen LogP contribution in [0.2, 0.25) is 0 Å². The minimum absolute atomic E-state index is 0.0309. The zero-order valence-corrected chi connectivity index (χ0v) is 26.2. The first kappa shape index (κ1) is 33.6. The van der Waals surface area contributed by atoms with Gasteiger partial charge in [-0.05, 0) is 35.3 Å². The fourth-order valence-corrected chi connectivity index (χ4v) is 4.32. The van der Waals surface area contributed by atoms with Crippen molar-refractivity contribution in [3.63, 3.8) is 0 Å². The van der Waals surface area contributed by atoms with Crippen LogP contribution < -0.4 is 19.5 Å². The Morgan fingerprint density at radius 1 is 0.957 bits per heavy atom. The molecule has 0 aliphatic carbocycles. The normalized spacial score (nSPS) is 11.3. The highest BCUT2D eigenvalue weighted by Gasteiger charge is 2.29. The van der Waals surface area contributed by atoms with Crippen molar-refractivity contribution in [2.75, 3.05) is 59.2 Å². The maximum atomic E-state index is 12.0. The topological polar surface area (TPSA) is 136 Å². The molecule has 46 heavy (non-hydrogen) atoms. The number of methoxy groups -OCH3 is 2. The number of esters is 1. The summed E-state index contributed by atoms with van der Waals surface area (Å²) in [4.78, 5) is 20.9. The molecule has 1 N–H and O–H groups in total. The summed E-state index contributed by atoms with van der Waals surface area (Å²) in [7, 11) is 2.94. The van der Waals surface area contributed by atoms with Gasteiger partial charge in [-0.15, -0.1) is 6.42 Å². The zero-order valence-electron chi connectivity index (χ0n) is 26.2. The van der Waals surface area contributed by atoms with Gasteiger partial charge in [0.1, 0.15) is 37.9 Å². The van der Waals surface area contributed by atoms with E-state index in [4.69, 9.17) is 39.4 Å². The average molecular weight is 629 g/mol. The molecule has 2 aromatic heterocycles. The molecule has 0 bridgehead atoms. The highest BCUT2D eigenvalue weighted by molar-refractivity contribution is 5.93. The lowest BCUT2D eigenvalue weighted by Gasteiger charge is -2.15. The van der Waals surface area contributed by atoms with Crippen molar-refractivity contribution in [3.8, 4) is 41.6 Å². The number of carbonyl (C=O) groups excluding carboxylic acids is 1. The maximum Gasteiger partial charge on any atom is 0.316 e. The van der Waals surface area contributed by atoms with Crippen molar-refractivity contribution in [1.29, 1.82) is 0 Å². The summed E-state index contributed by atoms with van der Waals surface area (Å²) in [6.45, 7) is 5.29. The van der Waals surface area contributed by atoms with Crippen LogP contribution >= 0.6 is 0 Å². The van der Waals surface area contributed by atoms with Gasteiger partial charge in [-0.2, -0.15) is 0 Å². The Morgan fingerprint density at radius 2 is 1.74 bits per heavy atom. The molecule has 12 heteroatoms. The van der Waals surface area contributed by atoms with Gasteiger partial charge in [0.25, 0.3) is 5.88 Å². The van der Waals surface area contributed by atoms with Crippen LogP contribution in [0.3, 0.4) is 0 Å². The van der Waals surface area contributed by atoms with E-state index >= 15 is 0 Å². The SMILES string of the molecule is C#Cc1cccc(Nc2ncnc3cc(OCCOC)c(OCCOCC#CCOc4cc(C(C(=O)OC)C(C)C)on4)cc23)c1. The molecular weight excluding hydrogens is 592 g/mol. The van der Waals surface area contributed by atoms with Gasteiger partial charge in [-0.25, -0.2) is 9.97 Å². The van der Waals surface area contributed by atoms with E-state index in [1.54, 1.807) is 19.2 Å². The molecule has 0 fully saturated rings. The number of rotatable bonds is 16. The molecule has 4 rings (SSSR count). The summed E-state index contributed by atoms with van der Waals surface area (Å²) < 4.78 is 38.3. The number of nitrogens with zero attached hydrogens (tertiary/aromatic N) is 3. The predicted octanol–water partition coefficient (Wildman–Crippen LogP) is 4.76. The summed E-state index contributed by atoms with van der Waals surface area (Å²) in [5.74, 6) is 9.59. The monoisotopic (exact) mass is 628 g/mol. The van der Waals surface area contributed by atoms with Gasteiger partial charge in [-0.3, -0.25) is 4.79 Å². The molecule has 0 aliphatic heterocycles. The van der Waals surface area contributed by atoms with Crippen LogP contribution in [0.4, 0.5) is 11.5 Å². The number of hydrogen-bond donors (Lipinski definition) is 1. The molecule has 0 saturated heterocycles. The third-order valence-electron chi connectivity index (χ3n) is 6.55. The third-order valence-corrected chi connectivity index (χ3v) is 6.55. The zero-order chi connectivity index (χ0) is 32.7. The van der Waals surface area contributed by atoms with Gasteiger partial charge in [0.2, 0.25) is 0 Å². The average Bonchev–Trinajstić information content (AvgIpc) is 3.52. The smallest absolute Gasteiger partial charge is 0.316 e. The summed E-state index contributed by atoms with van der Waals surface area (Å²) in [5, 5.41) is 7.89. The van der Waals surface area contributed by atoms with E-state index in [-0.39, 0.29) is 38.2 Å². The molecule has 0 aliphatic rings. The number of anilines is 2. The molecule has 0 spiro atoms. The van der Waals surface area contributed by atoms with Crippen molar-refractivity contribution in [1.82, 2.24) is 15.1 Å². The lowest BCUT2D eigenvalue weighted by molar-refractivity contribution is -0.144. The number of benzene rings is 2. The molecule has 2 heterocycles. The minimum atomic E-state index is -0.566. The van der Waals surface area contributed by atoms with Gasteiger partial charge in [0.05, 0.1) is 25.8 Å². The molecule has 12 nitrogen and oxygen atoms in total. The second-order valence-corrected chi connectivity index (χ2v) is 10.1. The Labute approximate surface area is 267 Å². The van der Waals surface area contributed by atoms with Crippen molar-refractivity contribution >= 4 is 28.4 Å². The fourth-order valence-electron chi connectivity index (χ4n) is 4.32. The van der Waals surface area contributed by atoms with Gasteiger partial charge in [0.15, 0.2) is 23.9 Å². The van der Waals surface area contributed by atoms with Crippen molar-refractivity contribution in [2.45, 2.75) is 19.8 Å². The molecule has 1 atom stereocenters. The molecule has 240 valence electrons. The van der Waals surface area contributed by atoms with Crippen LogP contribution in [0.1, 0.15) is 31.1 Å². The van der Waals surface area contributed by atoms with Crippen LogP contribution in [-0.2, 0) is 19.0 Å². The van der Waals surface area contributed by atoms with Crippen LogP contribution in [0.5, 0.6) is 17.4 Å². The lowest BCUT2D eigenvalue weighted by atomic mass is 9.93. The first-order valence-corrected chi connectivity index (χ1v) is 14.5. The summed E-state index contributed by atoms with van der Waals surface area (Å²) >= 11 is 0. The number of fused-ring (bicyclic) bond motifs is 1. The van der Waals surface area contributed by atoms with Crippen LogP contribution in [0.25, 0.3) is 10.9 Å². The fraction of sp³-hybridized carbons (Fsp3) is 0.353. The predicted molar refractivity (Wildman–Crippen MR) is 170 cm³/mol. The van der Waals surface area contributed by atoms with E-state index < -0.39 is 11.9 Å². The first-order chi connectivity index (χ1) is 22.4. The van der Waals surface area contributed by atoms with Gasteiger partial charge in [0, 0.05) is 35.9 Å². The molecular formula is C34H36N4O8.